The Morgan fingerprint density at radius 1 is 0.952 bits per heavy atom. The van der Waals surface area contributed by atoms with Crippen molar-refractivity contribution in [2.45, 2.75) is 6.42 Å². The number of Topliss-reactive ketones (excluding diaryl/α,β-unsaturated/α-hetero) is 1. The molecule has 104 valence electrons. The zero-order chi connectivity index (χ0) is 15.1. The van der Waals surface area contributed by atoms with Gasteiger partial charge in [0.25, 0.3) is 0 Å². The molecule has 0 bridgehead atoms. The first-order chi connectivity index (χ1) is 10.2. The lowest BCUT2D eigenvalue weighted by Crippen LogP contribution is -2.10. The van der Waals surface area contributed by atoms with Crippen LogP contribution >= 0.6 is 0 Å². The van der Waals surface area contributed by atoms with E-state index in [1.807, 2.05) is 36.4 Å². The van der Waals surface area contributed by atoms with Crippen molar-refractivity contribution < 1.29 is 14.3 Å². The summed E-state index contributed by atoms with van der Waals surface area (Å²) in [5.41, 5.74) is 1.91. The number of carbonyl (C=O) groups excluding carboxylic acids is 2. The Balaban J connectivity index is 2.28. The van der Waals surface area contributed by atoms with Crippen molar-refractivity contribution in [2.75, 3.05) is 7.11 Å². The Bertz CT molecular complexity index is 706. The van der Waals surface area contributed by atoms with Gasteiger partial charge in [-0.25, -0.2) is 0 Å². The third kappa shape index (κ3) is 4.05. The third-order valence-electron chi connectivity index (χ3n) is 2.88. The molecule has 0 unspecified atom stereocenters. The van der Waals surface area contributed by atoms with Gasteiger partial charge >= 0.3 is 5.97 Å². The molecule has 0 aliphatic carbocycles. The molecule has 0 N–H and O–H groups in total. The number of hydrogen-bond acceptors (Lipinski definition) is 3. The normalized spacial score (nSPS) is 9.38. The lowest BCUT2D eigenvalue weighted by Gasteiger charge is -2.02. The number of rotatable bonds is 3. The molecule has 0 heterocycles. The van der Waals surface area contributed by atoms with Gasteiger partial charge in [-0.1, -0.05) is 48.2 Å². The highest BCUT2D eigenvalue weighted by molar-refractivity contribution is 6.07. The minimum Gasteiger partial charge on any atom is -0.469 e. The second-order valence-electron chi connectivity index (χ2n) is 4.34. The maximum absolute atomic E-state index is 12.1. The Hall–Kier alpha value is -2.86. The van der Waals surface area contributed by atoms with Crippen LogP contribution in [0.4, 0.5) is 0 Å². The van der Waals surface area contributed by atoms with Crippen LogP contribution in [0, 0.1) is 11.8 Å². The van der Waals surface area contributed by atoms with Crippen LogP contribution < -0.4 is 0 Å². The number of carbonyl (C=O) groups is 2. The minimum atomic E-state index is -0.550. The fraction of sp³-hybridized carbons (Fsp3) is 0.111. The summed E-state index contributed by atoms with van der Waals surface area (Å²) in [5.74, 6) is 5.14. The maximum Gasteiger partial charge on any atom is 0.313 e. The molecule has 0 saturated carbocycles. The SMILES string of the molecule is COC(=O)CC(=O)c1ccccc1C#Cc1ccccc1. The van der Waals surface area contributed by atoms with Crippen molar-refractivity contribution in [3.05, 3.63) is 71.3 Å². The van der Waals surface area contributed by atoms with Crippen LogP contribution in [0.25, 0.3) is 0 Å². The van der Waals surface area contributed by atoms with E-state index < -0.39 is 5.97 Å². The van der Waals surface area contributed by atoms with Gasteiger partial charge in [-0.2, -0.15) is 0 Å². The van der Waals surface area contributed by atoms with Crippen LogP contribution in [0.2, 0.25) is 0 Å². The molecule has 2 rings (SSSR count). The van der Waals surface area contributed by atoms with Crippen LogP contribution in [0.5, 0.6) is 0 Å². The van der Waals surface area contributed by atoms with Gasteiger partial charge in [0.2, 0.25) is 0 Å². The van der Waals surface area contributed by atoms with Gasteiger partial charge in [0.1, 0.15) is 6.42 Å². The third-order valence-corrected chi connectivity index (χ3v) is 2.88. The van der Waals surface area contributed by atoms with Crippen molar-refractivity contribution in [1.29, 1.82) is 0 Å². The molecule has 0 fully saturated rings. The van der Waals surface area contributed by atoms with Crippen molar-refractivity contribution in [2.24, 2.45) is 0 Å². The Labute approximate surface area is 123 Å². The first kappa shape index (κ1) is 14.5. The number of methoxy groups -OCH3 is 1. The summed E-state index contributed by atoms with van der Waals surface area (Å²) in [5, 5.41) is 0. The van der Waals surface area contributed by atoms with E-state index >= 15 is 0 Å². The van der Waals surface area contributed by atoms with E-state index in [1.165, 1.54) is 7.11 Å². The van der Waals surface area contributed by atoms with Crippen LogP contribution in [-0.2, 0) is 9.53 Å². The first-order valence-corrected chi connectivity index (χ1v) is 6.47. The molecular weight excluding hydrogens is 264 g/mol. The smallest absolute Gasteiger partial charge is 0.313 e. The highest BCUT2D eigenvalue weighted by Crippen LogP contribution is 2.11. The van der Waals surface area contributed by atoms with Gasteiger partial charge in [0.15, 0.2) is 5.78 Å². The molecule has 21 heavy (non-hydrogen) atoms. The predicted octanol–water partition coefficient (Wildman–Crippen LogP) is 2.83. The van der Waals surface area contributed by atoms with Crippen molar-refractivity contribution in [3.8, 4) is 11.8 Å². The summed E-state index contributed by atoms with van der Waals surface area (Å²) < 4.78 is 4.52. The minimum absolute atomic E-state index is 0.277. The van der Waals surface area contributed by atoms with Crippen molar-refractivity contribution in [1.82, 2.24) is 0 Å². The molecule has 0 aromatic heterocycles. The first-order valence-electron chi connectivity index (χ1n) is 6.47. The zero-order valence-electron chi connectivity index (χ0n) is 11.6. The van der Waals surface area contributed by atoms with E-state index in [-0.39, 0.29) is 12.2 Å². The molecule has 2 aromatic carbocycles. The average molecular weight is 278 g/mol. The lowest BCUT2D eigenvalue weighted by atomic mass is 10.0. The van der Waals surface area contributed by atoms with Gasteiger partial charge in [-0.15, -0.1) is 0 Å². The molecule has 3 nitrogen and oxygen atoms in total. The Morgan fingerprint density at radius 3 is 2.33 bits per heavy atom. The summed E-state index contributed by atoms with van der Waals surface area (Å²) in [7, 11) is 1.26. The fourth-order valence-corrected chi connectivity index (χ4v) is 1.79. The van der Waals surface area contributed by atoms with Gasteiger partial charge in [0, 0.05) is 16.7 Å². The number of hydrogen-bond donors (Lipinski definition) is 0. The second-order valence-corrected chi connectivity index (χ2v) is 4.34. The van der Waals surface area contributed by atoms with Gasteiger partial charge in [-0.05, 0) is 18.2 Å². The Morgan fingerprint density at radius 2 is 1.62 bits per heavy atom. The van der Waals surface area contributed by atoms with E-state index in [4.69, 9.17) is 0 Å². The summed E-state index contributed by atoms with van der Waals surface area (Å²) in [6.45, 7) is 0. The number of ketones is 1. The highest BCUT2D eigenvalue weighted by atomic mass is 16.5. The molecule has 0 saturated heterocycles. The summed E-state index contributed by atoms with van der Waals surface area (Å²) in [6.07, 6.45) is -0.277. The average Bonchev–Trinajstić information content (AvgIpc) is 2.54. The van der Waals surface area contributed by atoms with E-state index in [2.05, 4.69) is 16.6 Å². The summed E-state index contributed by atoms with van der Waals surface area (Å²) in [4.78, 5) is 23.3. The topological polar surface area (TPSA) is 43.4 Å². The van der Waals surface area contributed by atoms with Crippen LogP contribution in [-0.4, -0.2) is 18.9 Å². The van der Waals surface area contributed by atoms with Crippen molar-refractivity contribution in [3.63, 3.8) is 0 Å². The number of ether oxygens (including phenoxy) is 1. The number of esters is 1. The predicted molar refractivity (Wildman–Crippen MR) is 79.8 cm³/mol. The molecule has 0 aliphatic rings. The molecule has 0 spiro atoms. The van der Waals surface area contributed by atoms with Crippen LogP contribution in [0.1, 0.15) is 27.9 Å². The standard InChI is InChI=1S/C18H14O3/c1-21-18(20)13-17(19)16-10-6-5-9-15(16)12-11-14-7-3-2-4-8-14/h2-10H,13H2,1H3. The Kier molecular flexibility index (Phi) is 4.89. The molecule has 0 atom stereocenters. The molecule has 0 radical (unpaired) electrons. The quantitative estimate of drug-likeness (QED) is 0.375. The molecular formula is C18H14O3. The summed E-state index contributed by atoms with van der Waals surface area (Å²) in [6, 6.07) is 16.5. The fourth-order valence-electron chi connectivity index (χ4n) is 1.79. The zero-order valence-corrected chi connectivity index (χ0v) is 11.6. The van der Waals surface area contributed by atoms with E-state index in [0.717, 1.165) is 5.56 Å². The summed E-state index contributed by atoms with van der Waals surface area (Å²) >= 11 is 0. The highest BCUT2D eigenvalue weighted by Gasteiger charge is 2.14. The van der Waals surface area contributed by atoms with E-state index in [9.17, 15) is 9.59 Å². The molecule has 2 aromatic rings. The van der Waals surface area contributed by atoms with Gasteiger partial charge in [0.05, 0.1) is 7.11 Å². The second kappa shape index (κ2) is 7.06. The molecule has 0 amide bonds. The van der Waals surface area contributed by atoms with E-state index in [1.54, 1.807) is 18.2 Å². The van der Waals surface area contributed by atoms with Crippen LogP contribution in [0.3, 0.4) is 0 Å². The lowest BCUT2D eigenvalue weighted by molar-refractivity contribution is -0.139. The monoisotopic (exact) mass is 278 g/mol. The van der Waals surface area contributed by atoms with Crippen LogP contribution in [0.15, 0.2) is 54.6 Å². The largest absolute Gasteiger partial charge is 0.469 e. The molecule has 3 heteroatoms. The van der Waals surface area contributed by atoms with E-state index in [0.29, 0.717) is 11.1 Å². The van der Waals surface area contributed by atoms with Crippen molar-refractivity contribution >= 4 is 11.8 Å². The maximum atomic E-state index is 12.1. The molecule has 0 aliphatic heterocycles. The van der Waals surface area contributed by atoms with Gasteiger partial charge < -0.3 is 4.74 Å². The number of benzene rings is 2. The van der Waals surface area contributed by atoms with Gasteiger partial charge in [-0.3, -0.25) is 9.59 Å².